The van der Waals surface area contributed by atoms with Gasteiger partial charge in [0.2, 0.25) is 0 Å². The van der Waals surface area contributed by atoms with Crippen LogP contribution < -0.4 is 0 Å². The maximum Gasteiger partial charge on any atom is 0.164 e. The number of aliphatic hydroxyl groups is 1. The van der Waals surface area contributed by atoms with Crippen LogP contribution in [0.3, 0.4) is 0 Å². The Bertz CT molecular complexity index is 409. The standard InChI is InChI=1S/C15H20O3/c1-11(16)14-13(17-15(2,3)18-14)10-9-12-7-5-4-6-8-12/h4-11,13-14,16H,1-3H3/b10-9+/t11-,13-,14-/m0/s1. The van der Waals surface area contributed by atoms with Crippen LogP contribution in [0.15, 0.2) is 36.4 Å². The number of rotatable bonds is 3. The summed E-state index contributed by atoms with van der Waals surface area (Å²) in [6, 6.07) is 10.0. The van der Waals surface area contributed by atoms with E-state index in [0.717, 1.165) is 5.56 Å². The zero-order valence-corrected chi connectivity index (χ0v) is 11.0. The summed E-state index contributed by atoms with van der Waals surface area (Å²) in [7, 11) is 0. The lowest BCUT2D eigenvalue weighted by molar-refractivity contribution is -0.152. The highest BCUT2D eigenvalue weighted by Gasteiger charge is 2.42. The number of ether oxygens (including phenoxy) is 2. The quantitative estimate of drug-likeness (QED) is 0.893. The van der Waals surface area contributed by atoms with E-state index in [1.54, 1.807) is 6.92 Å². The van der Waals surface area contributed by atoms with E-state index in [1.165, 1.54) is 0 Å². The number of aliphatic hydroxyl groups excluding tert-OH is 1. The summed E-state index contributed by atoms with van der Waals surface area (Å²) in [4.78, 5) is 0. The number of hydrogen-bond acceptors (Lipinski definition) is 3. The minimum atomic E-state index is -0.645. The van der Waals surface area contributed by atoms with Crippen LogP contribution in [-0.2, 0) is 9.47 Å². The van der Waals surface area contributed by atoms with Gasteiger partial charge in [-0.05, 0) is 26.3 Å². The summed E-state index contributed by atoms with van der Waals surface area (Å²) < 4.78 is 11.5. The monoisotopic (exact) mass is 248 g/mol. The largest absolute Gasteiger partial charge is 0.391 e. The van der Waals surface area contributed by atoms with Crippen molar-refractivity contribution in [1.29, 1.82) is 0 Å². The van der Waals surface area contributed by atoms with Crippen molar-refractivity contribution >= 4 is 6.08 Å². The molecule has 0 aromatic heterocycles. The second-order valence-corrected chi connectivity index (χ2v) is 5.08. The summed E-state index contributed by atoms with van der Waals surface area (Å²) in [5.41, 5.74) is 1.11. The van der Waals surface area contributed by atoms with Crippen LogP contribution in [0.4, 0.5) is 0 Å². The van der Waals surface area contributed by atoms with Gasteiger partial charge in [-0.25, -0.2) is 0 Å². The predicted octanol–water partition coefficient (Wildman–Crippen LogP) is 2.60. The summed E-state index contributed by atoms with van der Waals surface area (Å²) in [6.07, 6.45) is 2.84. The first-order valence-corrected chi connectivity index (χ1v) is 6.25. The van der Waals surface area contributed by atoms with Gasteiger partial charge in [-0.2, -0.15) is 0 Å². The van der Waals surface area contributed by atoms with Crippen molar-refractivity contribution < 1.29 is 14.6 Å². The third kappa shape index (κ3) is 3.19. The van der Waals surface area contributed by atoms with Crippen LogP contribution >= 0.6 is 0 Å². The summed E-state index contributed by atoms with van der Waals surface area (Å²) in [5.74, 6) is -0.645. The second kappa shape index (κ2) is 5.22. The maximum absolute atomic E-state index is 9.71. The molecule has 0 unspecified atom stereocenters. The highest BCUT2D eigenvalue weighted by molar-refractivity contribution is 5.49. The molecule has 0 radical (unpaired) electrons. The van der Waals surface area contributed by atoms with E-state index >= 15 is 0 Å². The highest BCUT2D eigenvalue weighted by atomic mass is 16.8. The van der Waals surface area contributed by atoms with E-state index in [-0.39, 0.29) is 12.2 Å². The number of hydrogen-bond donors (Lipinski definition) is 1. The first-order valence-electron chi connectivity index (χ1n) is 6.25. The molecule has 98 valence electrons. The molecule has 1 heterocycles. The SMILES string of the molecule is C[C@H](O)[C@@H]1OC(C)(C)O[C@H]1/C=C/c1ccccc1. The van der Waals surface area contributed by atoms with Crippen molar-refractivity contribution in [2.24, 2.45) is 0 Å². The van der Waals surface area contributed by atoms with Gasteiger partial charge in [-0.3, -0.25) is 0 Å². The molecular weight excluding hydrogens is 228 g/mol. The van der Waals surface area contributed by atoms with Crippen LogP contribution in [0.2, 0.25) is 0 Å². The van der Waals surface area contributed by atoms with Gasteiger partial charge in [0.15, 0.2) is 5.79 Å². The van der Waals surface area contributed by atoms with Crippen molar-refractivity contribution in [3.63, 3.8) is 0 Å². The van der Waals surface area contributed by atoms with E-state index < -0.39 is 11.9 Å². The molecule has 0 saturated carbocycles. The molecule has 18 heavy (non-hydrogen) atoms. The van der Waals surface area contributed by atoms with E-state index in [4.69, 9.17) is 9.47 Å². The van der Waals surface area contributed by atoms with Gasteiger partial charge in [0.1, 0.15) is 12.2 Å². The van der Waals surface area contributed by atoms with Crippen molar-refractivity contribution in [2.45, 2.75) is 44.9 Å². The van der Waals surface area contributed by atoms with E-state index in [0.29, 0.717) is 0 Å². The minimum absolute atomic E-state index is 0.222. The van der Waals surface area contributed by atoms with Gasteiger partial charge in [0.25, 0.3) is 0 Å². The van der Waals surface area contributed by atoms with Crippen molar-refractivity contribution in [3.05, 3.63) is 42.0 Å². The molecule has 3 nitrogen and oxygen atoms in total. The minimum Gasteiger partial charge on any atom is -0.391 e. The Morgan fingerprint density at radius 3 is 2.50 bits per heavy atom. The van der Waals surface area contributed by atoms with E-state index in [1.807, 2.05) is 56.3 Å². The average molecular weight is 248 g/mol. The van der Waals surface area contributed by atoms with Gasteiger partial charge in [-0.15, -0.1) is 0 Å². The molecular formula is C15H20O3. The summed E-state index contributed by atoms with van der Waals surface area (Å²) in [5, 5.41) is 9.71. The Balaban J connectivity index is 2.10. The first-order chi connectivity index (χ1) is 8.48. The second-order valence-electron chi connectivity index (χ2n) is 5.08. The Labute approximate surface area is 108 Å². The third-order valence-electron chi connectivity index (χ3n) is 2.92. The molecule has 1 N–H and O–H groups in total. The molecule has 1 aromatic rings. The van der Waals surface area contributed by atoms with Gasteiger partial charge in [0, 0.05) is 0 Å². The Kier molecular flexibility index (Phi) is 3.85. The zero-order valence-electron chi connectivity index (χ0n) is 11.0. The van der Waals surface area contributed by atoms with Crippen LogP contribution in [0, 0.1) is 0 Å². The Morgan fingerprint density at radius 2 is 1.89 bits per heavy atom. The van der Waals surface area contributed by atoms with Crippen LogP contribution in [-0.4, -0.2) is 29.2 Å². The van der Waals surface area contributed by atoms with Gasteiger partial charge < -0.3 is 14.6 Å². The molecule has 1 fully saturated rings. The van der Waals surface area contributed by atoms with Crippen LogP contribution in [0.1, 0.15) is 26.3 Å². The van der Waals surface area contributed by atoms with Crippen molar-refractivity contribution in [2.75, 3.05) is 0 Å². The molecule has 3 heteroatoms. The van der Waals surface area contributed by atoms with Crippen LogP contribution in [0.5, 0.6) is 0 Å². The number of benzene rings is 1. The lowest BCUT2D eigenvalue weighted by Gasteiger charge is -2.18. The van der Waals surface area contributed by atoms with Gasteiger partial charge in [-0.1, -0.05) is 42.5 Å². The molecule has 3 atom stereocenters. The molecule has 1 aromatic carbocycles. The van der Waals surface area contributed by atoms with Crippen molar-refractivity contribution in [3.8, 4) is 0 Å². The van der Waals surface area contributed by atoms with Gasteiger partial charge in [0.05, 0.1) is 6.10 Å². The molecule has 1 saturated heterocycles. The molecule has 2 rings (SSSR count). The first kappa shape index (κ1) is 13.3. The third-order valence-corrected chi connectivity index (χ3v) is 2.92. The molecule has 0 amide bonds. The summed E-state index contributed by atoms with van der Waals surface area (Å²) in [6.45, 7) is 5.44. The Hall–Kier alpha value is -1.16. The topological polar surface area (TPSA) is 38.7 Å². The Morgan fingerprint density at radius 1 is 1.22 bits per heavy atom. The molecule has 0 aliphatic carbocycles. The normalized spacial score (nSPS) is 28.7. The molecule has 1 aliphatic heterocycles. The maximum atomic E-state index is 9.71. The predicted molar refractivity (Wildman–Crippen MR) is 71.0 cm³/mol. The molecule has 1 aliphatic rings. The molecule has 0 bridgehead atoms. The fraction of sp³-hybridized carbons (Fsp3) is 0.467. The smallest absolute Gasteiger partial charge is 0.164 e. The molecule has 0 spiro atoms. The fourth-order valence-corrected chi connectivity index (χ4v) is 2.11. The van der Waals surface area contributed by atoms with Crippen molar-refractivity contribution in [1.82, 2.24) is 0 Å². The van der Waals surface area contributed by atoms with E-state index in [9.17, 15) is 5.11 Å². The lowest BCUT2D eigenvalue weighted by Crippen LogP contribution is -2.32. The zero-order chi connectivity index (χ0) is 13.2. The summed E-state index contributed by atoms with van der Waals surface area (Å²) >= 11 is 0. The van der Waals surface area contributed by atoms with Gasteiger partial charge >= 0.3 is 0 Å². The highest BCUT2D eigenvalue weighted by Crippen LogP contribution is 2.30. The fourth-order valence-electron chi connectivity index (χ4n) is 2.11. The van der Waals surface area contributed by atoms with Crippen LogP contribution in [0.25, 0.3) is 6.08 Å². The van der Waals surface area contributed by atoms with E-state index in [2.05, 4.69) is 0 Å². The lowest BCUT2D eigenvalue weighted by atomic mass is 10.1. The average Bonchev–Trinajstić information content (AvgIpc) is 2.64.